The maximum atomic E-state index is 12.7. The molecule has 1 N–H and O–H groups in total. The third kappa shape index (κ3) is 5.88. The van der Waals surface area contributed by atoms with E-state index in [9.17, 15) is 9.59 Å². The predicted molar refractivity (Wildman–Crippen MR) is 129 cm³/mol. The molecule has 1 unspecified atom stereocenters. The van der Waals surface area contributed by atoms with Crippen molar-refractivity contribution in [3.8, 4) is 0 Å². The van der Waals surface area contributed by atoms with E-state index in [-0.39, 0.29) is 35.1 Å². The minimum atomic E-state index is -0.429. The second-order valence-electron chi connectivity index (χ2n) is 8.68. The van der Waals surface area contributed by atoms with Crippen LogP contribution < -0.4 is 10.7 Å². The maximum absolute atomic E-state index is 12.7. The molecule has 2 aromatic carbocycles. The van der Waals surface area contributed by atoms with Crippen molar-refractivity contribution in [2.75, 3.05) is 20.6 Å². The van der Waals surface area contributed by atoms with E-state index in [1.165, 1.54) is 17.7 Å². The molecule has 0 aliphatic heterocycles. The van der Waals surface area contributed by atoms with Gasteiger partial charge in [0.1, 0.15) is 5.58 Å². The largest absolute Gasteiger partial charge is 0.451 e. The van der Waals surface area contributed by atoms with Gasteiger partial charge in [-0.3, -0.25) is 9.59 Å². The molecule has 0 saturated carbocycles. The van der Waals surface area contributed by atoms with Crippen LogP contribution in [0, 0.1) is 0 Å². The summed E-state index contributed by atoms with van der Waals surface area (Å²) in [6.07, 6.45) is 0. The van der Waals surface area contributed by atoms with E-state index in [4.69, 9.17) is 16.0 Å². The number of benzene rings is 2. The number of hydrogen-bond donors (Lipinski definition) is 1. The molecule has 0 fully saturated rings. The summed E-state index contributed by atoms with van der Waals surface area (Å²) < 4.78 is 5.63. The van der Waals surface area contributed by atoms with Crippen LogP contribution in [-0.4, -0.2) is 31.4 Å². The molecule has 1 aromatic heterocycles. The van der Waals surface area contributed by atoms with E-state index in [1.807, 2.05) is 19.0 Å². The summed E-state index contributed by atoms with van der Waals surface area (Å²) in [6.45, 7) is 6.91. The smallest absolute Gasteiger partial charge is 0.287 e. The first-order valence-corrected chi connectivity index (χ1v) is 10.2. The topological polar surface area (TPSA) is 62.6 Å². The monoisotopic (exact) mass is 462 g/mol. The fraction of sp³-hybridized carbons (Fsp3) is 0.333. The Balaban J connectivity index is 0.00000341. The van der Waals surface area contributed by atoms with Crippen molar-refractivity contribution in [3.63, 3.8) is 0 Å². The van der Waals surface area contributed by atoms with Gasteiger partial charge in [0, 0.05) is 17.6 Å². The Morgan fingerprint density at radius 1 is 1.10 bits per heavy atom. The van der Waals surface area contributed by atoms with Gasteiger partial charge < -0.3 is 14.6 Å². The lowest BCUT2D eigenvalue weighted by atomic mass is 9.86. The Labute approximate surface area is 193 Å². The number of hydrogen-bond acceptors (Lipinski definition) is 4. The third-order valence-corrected chi connectivity index (χ3v) is 5.39. The highest BCUT2D eigenvalue weighted by Gasteiger charge is 2.19. The van der Waals surface area contributed by atoms with Gasteiger partial charge in [0.2, 0.25) is 0 Å². The van der Waals surface area contributed by atoms with Crippen LogP contribution in [0.25, 0.3) is 11.0 Å². The van der Waals surface area contributed by atoms with Crippen LogP contribution in [-0.2, 0) is 5.41 Å². The molecular weight excluding hydrogens is 435 g/mol. The summed E-state index contributed by atoms with van der Waals surface area (Å²) >= 11 is 5.94. The van der Waals surface area contributed by atoms with Crippen molar-refractivity contribution >= 4 is 40.9 Å². The number of amides is 1. The Hall–Kier alpha value is -2.34. The second kappa shape index (κ2) is 9.86. The summed E-state index contributed by atoms with van der Waals surface area (Å²) in [4.78, 5) is 27.0. The van der Waals surface area contributed by atoms with Gasteiger partial charge in [0.05, 0.1) is 11.4 Å². The lowest BCUT2D eigenvalue weighted by Crippen LogP contribution is -2.34. The molecule has 3 rings (SSSR count). The Morgan fingerprint density at radius 2 is 1.74 bits per heavy atom. The Morgan fingerprint density at radius 3 is 2.32 bits per heavy atom. The number of rotatable bonds is 5. The summed E-state index contributed by atoms with van der Waals surface area (Å²) in [5.41, 5.74) is 2.47. The molecule has 0 aliphatic rings. The van der Waals surface area contributed by atoms with Crippen LogP contribution in [0.1, 0.15) is 48.5 Å². The fourth-order valence-electron chi connectivity index (χ4n) is 3.32. The molecule has 7 heteroatoms. The van der Waals surface area contributed by atoms with Gasteiger partial charge >= 0.3 is 0 Å². The van der Waals surface area contributed by atoms with E-state index < -0.39 is 5.91 Å². The zero-order valence-electron chi connectivity index (χ0n) is 18.4. The molecular formula is C24H28Cl2N2O3. The van der Waals surface area contributed by atoms with Crippen molar-refractivity contribution < 1.29 is 9.21 Å². The molecule has 0 aliphatic carbocycles. The van der Waals surface area contributed by atoms with Gasteiger partial charge in [0.25, 0.3) is 5.91 Å². The average Bonchev–Trinajstić information content (AvgIpc) is 2.68. The lowest BCUT2D eigenvalue weighted by molar-refractivity contribution is 0.0914. The molecule has 0 bridgehead atoms. The molecule has 1 amide bonds. The molecule has 0 spiro atoms. The van der Waals surface area contributed by atoms with E-state index in [1.54, 1.807) is 12.1 Å². The van der Waals surface area contributed by atoms with Gasteiger partial charge in [-0.15, -0.1) is 12.4 Å². The van der Waals surface area contributed by atoms with Crippen molar-refractivity contribution in [2.45, 2.75) is 32.2 Å². The van der Waals surface area contributed by atoms with Crippen molar-refractivity contribution in [3.05, 3.63) is 80.7 Å². The Bertz CT molecular complexity index is 1120. The zero-order chi connectivity index (χ0) is 22.1. The summed E-state index contributed by atoms with van der Waals surface area (Å²) in [7, 11) is 3.93. The van der Waals surface area contributed by atoms with Gasteiger partial charge in [-0.25, -0.2) is 0 Å². The van der Waals surface area contributed by atoms with Gasteiger partial charge in [0.15, 0.2) is 11.2 Å². The molecule has 166 valence electrons. The first kappa shape index (κ1) is 24.9. The summed E-state index contributed by atoms with van der Waals surface area (Å²) in [5, 5.41) is 3.68. The first-order chi connectivity index (χ1) is 14.1. The van der Waals surface area contributed by atoms with E-state index >= 15 is 0 Å². The fourth-order valence-corrected chi connectivity index (χ4v) is 3.49. The standard InChI is InChI=1S/C24H27ClN2O3.ClH/c1-24(2,3)16-8-6-15(7-9-16)19(27(4)5)14-26-23(29)22-13-20(28)18-12-17(25)10-11-21(18)30-22;/h6-13,19H,14H2,1-5H3,(H,26,29);1H. The Kier molecular flexibility index (Phi) is 7.93. The first-order valence-electron chi connectivity index (χ1n) is 9.85. The number of carbonyl (C=O) groups is 1. The molecule has 3 aromatic rings. The summed E-state index contributed by atoms with van der Waals surface area (Å²) in [6, 6.07) is 14.4. The average molecular weight is 463 g/mol. The van der Waals surface area contributed by atoms with Crippen LogP contribution in [0.2, 0.25) is 5.02 Å². The van der Waals surface area contributed by atoms with Gasteiger partial charge in [-0.2, -0.15) is 0 Å². The zero-order valence-corrected chi connectivity index (χ0v) is 19.9. The quantitative estimate of drug-likeness (QED) is 0.565. The number of fused-ring (bicyclic) bond motifs is 1. The highest BCUT2D eigenvalue weighted by molar-refractivity contribution is 6.31. The number of likely N-dealkylation sites (N-methyl/N-ethyl adjacent to an activating group) is 1. The third-order valence-electron chi connectivity index (χ3n) is 5.15. The molecule has 0 saturated heterocycles. The van der Waals surface area contributed by atoms with Gasteiger partial charge in [-0.05, 0) is 48.8 Å². The minimum absolute atomic E-state index is 0. The van der Waals surface area contributed by atoms with Crippen molar-refractivity contribution in [1.82, 2.24) is 10.2 Å². The van der Waals surface area contributed by atoms with Crippen LogP contribution in [0.4, 0.5) is 0 Å². The highest BCUT2D eigenvalue weighted by Crippen LogP contribution is 2.25. The van der Waals surface area contributed by atoms with Crippen LogP contribution in [0.3, 0.4) is 0 Å². The molecule has 0 radical (unpaired) electrons. The van der Waals surface area contributed by atoms with E-state index in [2.05, 4.69) is 50.4 Å². The van der Waals surface area contributed by atoms with Crippen molar-refractivity contribution in [1.29, 1.82) is 0 Å². The second-order valence-corrected chi connectivity index (χ2v) is 9.11. The maximum Gasteiger partial charge on any atom is 0.287 e. The molecule has 5 nitrogen and oxygen atoms in total. The van der Waals surface area contributed by atoms with Crippen LogP contribution in [0.15, 0.2) is 57.7 Å². The molecule has 1 atom stereocenters. The van der Waals surface area contributed by atoms with Crippen molar-refractivity contribution in [2.24, 2.45) is 0 Å². The number of halogens is 2. The van der Waals surface area contributed by atoms with Crippen LogP contribution >= 0.6 is 24.0 Å². The molecule has 1 heterocycles. The molecule has 31 heavy (non-hydrogen) atoms. The predicted octanol–water partition coefficient (Wildman–Crippen LogP) is 5.20. The highest BCUT2D eigenvalue weighted by atomic mass is 35.5. The number of carbonyl (C=O) groups excluding carboxylic acids is 1. The number of nitrogens with one attached hydrogen (secondary N) is 1. The number of nitrogens with zero attached hydrogens (tertiary/aromatic N) is 1. The normalized spacial score (nSPS) is 12.5. The van der Waals surface area contributed by atoms with Gasteiger partial charge in [-0.1, -0.05) is 56.6 Å². The van der Waals surface area contributed by atoms with E-state index in [0.717, 1.165) is 5.56 Å². The summed E-state index contributed by atoms with van der Waals surface area (Å²) in [5.74, 6) is -0.447. The SMILES string of the molecule is CN(C)C(CNC(=O)c1cc(=O)c2cc(Cl)ccc2o1)c1ccc(C(C)(C)C)cc1.Cl. The lowest BCUT2D eigenvalue weighted by Gasteiger charge is -2.26. The van der Waals surface area contributed by atoms with E-state index in [0.29, 0.717) is 22.5 Å². The van der Waals surface area contributed by atoms with Crippen LogP contribution in [0.5, 0.6) is 0 Å². The minimum Gasteiger partial charge on any atom is -0.451 e.